The highest BCUT2D eigenvalue weighted by atomic mass is 32.2. The fourth-order valence-electron chi connectivity index (χ4n) is 1.89. The first-order valence-electron chi connectivity index (χ1n) is 7.01. The zero-order valence-electron chi connectivity index (χ0n) is 12.9. The fourth-order valence-corrected chi connectivity index (χ4v) is 2.93. The van der Waals surface area contributed by atoms with Crippen molar-refractivity contribution in [2.24, 2.45) is 0 Å². The summed E-state index contributed by atoms with van der Waals surface area (Å²) in [5.41, 5.74) is 5.50. The molecule has 1 amide bonds. The van der Waals surface area contributed by atoms with E-state index in [1.165, 1.54) is 0 Å². The summed E-state index contributed by atoms with van der Waals surface area (Å²) < 4.78 is 29.2. The maximum Gasteiger partial charge on any atom is 0.408 e. The number of nitrogens with two attached hydrogens (primary N) is 1. The van der Waals surface area contributed by atoms with E-state index in [1.807, 2.05) is 6.07 Å². The second kappa shape index (κ2) is 7.62. The molecule has 0 heterocycles. The highest BCUT2D eigenvalue weighted by molar-refractivity contribution is 7.91. The summed E-state index contributed by atoms with van der Waals surface area (Å²) in [6, 6.07) is 12.0. The molecule has 0 radical (unpaired) electrons. The summed E-state index contributed by atoms with van der Waals surface area (Å²) in [5, 5.41) is 12.9. The molecule has 0 aliphatic rings. The number of alkyl carbamates (subject to hydrolysis) is 1. The van der Waals surface area contributed by atoms with Gasteiger partial charge in [0.2, 0.25) is 0 Å². The lowest BCUT2D eigenvalue weighted by Gasteiger charge is -2.08. The van der Waals surface area contributed by atoms with Gasteiger partial charge >= 0.3 is 6.09 Å². The van der Waals surface area contributed by atoms with E-state index in [4.69, 9.17) is 10.5 Å². The van der Waals surface area contributed by atoms with E-state index in [1.54, 1.807) is 24.3 Å². The van der Waals surface area contributed by atoms with Crippen LogP contribution in [-0.4, -0.2) is 25.3 Å². The van der Waals surface area contributed by atoms with Crippen LogP contribution >= 0.6 is 0 Å². The van der Waals surface area contributed by atoms with Gasteiger partial charge in [-0.1, -0.05) is 30.3 Å². The predicted octanol–water partition coefficient (Wildman–Crippen LogP) is 1.83. The third-order valence-electron chi connectivity index (χ3n) is 3.18. The second-order valence-corrected chi connectivity index (χ2v) is 6.96. The Balaban J connectivity index is 1.98. The molecule has 0 aliphatic carbocycles. The minimum absolute atomic E-state index is 0.0138. The van der Waals surface area contributed by atoms with E-state index in [0.29, 0.717) is 0 Å². The average Bonchev–Trinajstić information content (AvgIpc) is 2.59. The quantitative estimate of drug-likeness (QED) is 0.452. The van der Waals surface area contributed by atoms with Gasteiger partial charge in [-0.05, 0) is 17.7 Å². The molecule has 2 aromatic rings. The van der Waals surface area contributed by atoms with Gasteiger partial charge in [-0.25, -0.2) is 13.2 Å². The van der Waals surface area contributed by atoms with Crippen molar-refractivity contribution < 1.29 is 22.9 Å². The number of nitrogens with one attached hydrogen (secondary N) is 1. The van der Waals surface area contributed by atoms with Crippen LogP contribution in [0.3, 0.4) is 0 Å². The molecule has 25 heavy (non-hydrogen) atoms. The van der Waals surface area contributed by atoms with Crippen LogP contribution in [0, 0.1) is 10.1 Å². The number of hydrogen-bond donors (Lipinski definition) is 2. The average molecular weight is 365 g/mol. The number of sulfone groups is 1. The molecule has 0 unspecified atom stereocenters. The number of nitro groups is 1. The molecule has 0 aliphatic heterocycles. The number of carbonyl (C=O) groups is 1. The summed E-state index contributed by atoms with van der Waals surface area (Å²) in [6.45, 7) is -0.0138. The van der Waals surface area contributed by atoms with Crippen molar-refractivity contribution in [1.29, 1.82) is 0 Å². The first-order chi connectivity index (χ1) is 11.8. The number of benzene rings is 2. The molecule has 0 aromatic heterocycles. The van der Waals surface area contributed by atoms with Gasteiger partial charge in [0.1, 0.15) is 18.2 Å². The molecular formula is C15H15N3O6S. The summed E-state index contributed by atoms with van der Waals surface area (Å²) in [7, 11) is -3.98. The number of carbonyl (C=O) groups excluding carboxylic acids is 1. The van der Waals surface area contributed by atoms with Crippen LogP contribution in [0.1, 0.15) is 5.56 Å². The normalized spacial score (nSPS) is 10.9. The fraction of sp³-hybridized carbons (Fsp3) is 0.133. The van der Waals surface area contributed by atoms with Crippen LogP contribution in [-0.2, 0) is 21.2 Å². The number of anilines is 1. The molecule has 0 saturated carbocycles. The molecular weight excluding hydrogens is 350 g/mol. The number of amides is 1. The number of rotatable bonds is 6. The zero-order chi connectivity index (χ0) is 18.4. The Morgan fingerprint density at radius 1 is 1.20 bits per heavy atom. The number of ether oxygens (including phenoxy) is 1. The van der Waals surface area contributed by atoms with Gasteiger partial charge < -0.3 is 15.8 Å². The molecule has 0 fully saturated rings. The van der Waals surface area contributed by atoms with E-state index in [0.717, 1.165) is 23.8 Å². The van der Waals surface area contributed by atoms with Gasteiger partial charge in [0, 0.05) is 6.07 Å². The Hall–Kier alpha value is -3.14. The SMILES string of the molecule is Nc1ccc(S(=O)(=O)CNC(=O)OCc2ccccc2)cc1[N+](=O)[O-]. The van der Waals surface area contributed by atoms with Crippen molar-refractivity contribution in [2.45, 2.75) is 11.5 Å². The lowest BCUT2D eigenvalue weighted by Crippen LogP contribution is -2.30. The maximum absolute atomic E-state index is 12.2. The van der Waals surface area contributed by atoms with Crippen LogP contribution in [0.15, 0.2) is 53.4 Å². The third-order valence-corrected chi connectivity index (χ3v) is 4.67. The minimum atomic E-state index is -3.98. The van der Waals surface area contributed by atoms with Gasteiger partial charge in [-0.3, -0.25) is 10.1 Å². The molecule has 0 bridgehead atoms. The Morgan fingerprint density at radius 2 is 1.88 bits per heavy atom. The van der Waals surface area contributed by atoms with Crippen LogP contribution < -0.4 is 11.1 Å². The Labute approximate surface area is 143 Å². The Morgan fingerprint density at radius 3 is 2.52 bits per heavy atom. The zero-order valence-corrected chi connectivity index (χ0v) is 13.7. The molecule has 2 rings (SSSR count). The third kappa shape index (κ3) is 4.91. The minimum Gasteiger partial charge on any atom is -0.445 e. The smallest absolute Gasteiger partial charge is 0.408 e. The number of nitrogen functional groups attached to an aromatic ring is 1. The summed E-state index contributed by atoms with van der Waals surface area (Å²) in [5.74, 6) is -0.762. The van der Waals surface area contributed by atoms with Gasteiger partial charge in [0.05, 0.1) is 9.82 Å². The van der Waals surface area contributed by atoms with E-state index in [-0.39, 0.29) is 17.2 Å². The first kappa shape index (κ1) is 18.2. The van der Waals surface area contributed by atoms with Crippen molar-refractivity contribution in [3.63, 3.8) is 0 Å². The summed E-state index contributed by atoms with van der Waals surface area (Å²) >= 11 is 0. The van der Waals surface area contributed by atoms with Crippen molar-refractivity contribution >= 4 is 27.3 Å². The van der Waals surface area contributed by atoms with Crippen molar-refractivity contribution in [3.8, 4) is 0 Å². The van der Waals surface area contributed by atoms with E-state index >= 15 is 0 Å². The molecule has 132 valence electrons. The van der Waals surface area contributed by atoms with Gasteiger partial charge in [0.25, 0.3) is 5.69 Å². The highest BCUT2D eigenvalue weighted by Gasteiger charge is 2.21. The standard InChI is InChI=1S/C15H15N3O6S/c16-13-7-6-12(8-14(13)18(20)21)25(22,23)10-17-15(19)24-9-11-4-2-1-3-5-11/h1-8H,9-10,16H2,(H,17,19). The van der Waals surface area contributed by atoms with Crippen molar-refractivity contribution in [3.05, 3.63) is 64.2 Å². The van der Waals surface area contributed by atoms with E-state index < -0.39 is 32.4 Å². The summed E-state index contributed by atoms with van der Waals surface area (Å²) in [6.07, 6.45) is -0.919. The number of hydrogen-bond acceptors (Lipinski definition) is 7. The highest BCUT2D eigenvalue weighted by Crippen LogP contribution is 2.25. The Kier molecular flexibility index (Phi) is 5.55. The molecule has 0 atom stereocenters. The van der Waals surface area contributed by atoms with Gasteiger partial charge in [-0.15, -0.1) is 0 Å². The summed E-state index contributed by atoms with van der Waals surface area (Å²) in [4.78, 5) is 21.3. The van der Waals surface area contributed by atoms with Crippen LogP contribution in [0.2, 0.25) is 0 Å². The van der Waals surface area contributed by atoms with Crippen LogP contribution in [0.4, 0.5) is 16.2 Å². The number of nitro benzene ring substituents is 1. The molecule has 0 spiro atoms. The van der Waals surface area contributed by atoms with Gasteiger partial charge in [-0.2, -0.15) is 0 Å². The largest absolute Gasteiger partial charge is 0.445 e. The van der Waals surface area contributed by atoms with Crippen molar-refractivity contribution in [2.75, 3.05) is 11.6 Å². The number of nitrogens with zero attached hydrogens (tertiary/aromatic N) is 1. The monoisotopic (exact) mass is 365 g/mol. The molecule has 0 saturated heterocycles. The maximum atomic E-state index is 12.2. The lowest BCUT2D eigenvalue weighted by atomic mass is 10.2. The van der Waals surface area contributed by atoms with Gasteiger partial charge in [0.15, 0.2) is 9.84 Å². The van der Waals surface area contributed by atoms with E-state index in [2.05, 4.69) is 5.32 Å². The first-order valence-corrected chi connectivity index (χ1v) is 8.66. The molecule has 10 heteroatoms. The lowest BCUT2D eigenvalue weighted by molar-refractivity contribution is -0.384. The van der Waals surface area contributed by atoms with Crippen LogP contribution in [0.5, 0.6) is 0 Å². The van der Waals surface area contributed by atoms with Crippen molar-refractivity contribution in [1.82, 2.24) is 5.32 Å². The topological polar surface area (TPSA) is 142 Å². The van der Waals surface area contributed by atoms with E-state index in [9.17, 15) is 23.3 Å². The molecule has 3 N–H and O–H groups in total. The Bertz CT molecular complexity index is 883. The molecule has 9 nitrogen and oxygen atoms in total. The molecule has 2 aromatic carbocycles. The van der Waals surface area contributed by atoms with Crippen LogP contribution in [0.25, 0.3) is 0 Å². The predicted molar refractivity (Wildman–Crippen MR) is 89.3 cm³/mol. The second-order valence-electron chi connectivity index (χ2n) is 4.98.